The Balaban J connectivity index is 2.30. The summed E-state index contributed by atoms with van der Waals surface area (Å²) in [5.74, 6) is 0.533. The van der Waals surface area contributed by atoms with Crippen molar-refractivity contribution in [2.24, 2.45) is 0 Å². The van der Waals surface area contributed by atoms with Gasteiger partial charge in [0.1, 0.15) is 11.5 Å². The SMILES string of the molecule is Nc1ccc(Oc2ccc(C(F)(F)F)cc2Br)c(Cl)c1. The fourth-order valence-corrected chi connectivity index (χ4v) is 2.17. The molecule has 2 N–H and O–H groups in total. The molecule has 0 fully saturated rings. The molecule has 2 aromatic rings. The summed E-state index contributed by atoms with van der Waals surface area (Å²) in [7, 11) is 0. The number of anilines is 1. The summed E-state index contributed by atoms with van der Waals surface area (Å²) in [5.41, 5.74) is 5.25. The molecule has 0 aliphatic heterocycles. The van der Waals surface area contributed by atoms with Gasteiger partial charge in [-0.3, -0.25) is 0 Å². The lowest BCUT2D eigenvalue weighted by Crippen LogP contribution is -2.04. The van der Waals surface area contributed by atoms with Gasteiger partial charge in [-0.2, -0.15) is 13.2 Å². The van der Waals surface area contributed by atoms with Gasteiger partial charge in [0, 0.05) is 5.69 Å². The zero-order valence-electron chi connectivity index (χ0n) is 9.84. The molecule has 20 heavy (non-hydrogen) atoms. The number of ether oxygens (including phenoxy) is 1. The van der Waals surface area contributed by atoms with E-state index in [0.717, 1.165) is 12.1 Å². The summed E-state index contributed by atoms with van der Waals surface area (Å²) >= 11 is 8.98. The molecule has 106 valence electrons. The number of hydrogen-bond acceptors (Lipinski definition) is 2. The molecule has 0 unspecified atom stereocenters. The van der Waals surface area contributed by atoms with E-state index in [1.165, 1.54) is 12.1 Å². The van der Waals surface area contributed by atoms with Gasteiger partial charge in [0.05, 0.1) is 15.1 Å². The first kappa shape index (κ1) is 15.0. The number of rotatable bonds is 2. The van der Waals surface area contributed by atoms with E-state index >= 15 is 0 Å². The van der Waals surface area contributed by atoms with Crippen LogP contribution >= 0.6 is 27.5 Å². The Bertz CT molecular complexity index is 646. The number of halogens is 5. The minimum Gasteiger partial charge on any atom is -0.455 e. The highest BCUT2D eigenvalue weighted by atomic mass is 79.9. The van der Waals surface area contributed by atoms with Crippen LogP contribution in [0.2, 0.25) is 5.02 Å². The van der Waals surface area contributed by atoms with Crippen LogP contribution in [0.4, 0.5) is 18.9 Å². The van der Waals surface area contributed by atoms with Crippen LogP contribution in [0.1, 0.15) is 5.56 Å². The number of benzene rings is 2. The highest BCUT2D eigenvalue weighted by molar-refractivity contribution is 9.10. The maximum atomic E-state index is 12.5. The van der Waals surface area contributed by atoms with Crippen molar-refractivity contribution in [3.63, 3.8) is 0 Å². The minimum absolute atomic E-state index is 0.181. The average Bonchev–Trinajstić information content (AvgIpc) is 2.33. The lowest BCUT2D eigenvalue weighted by atomic mass is 10.2. The van der Waals surface area contributed by atoms with Crippen LogP contribution in [-0.4, -0.2) is 0 Å². The van der Waals surface area contributed by atoms with Gasteiger partial charge in [-0.15, -0.1) is 0 Å². The number of nitrogen functional groups attached to an aromatic ring is 1. The van der Waals surface area contributed by atoms with Gasteiger partial charge in [-0.05, 0) is 52.3 Å². The quantitative estimate of drug-likeness (QED) is 0.713. The Labute approximate surface area is 126 Å². The maximum Gasteiger partial charge on any atom is 0.416 e. The Morgan fingerprint density at radius 1 is 1.05 bits per heavy atom. The number of nitrogens with two attached hydrogens (primary N) is 1. The van der Waals surface area contributed by atoms with Crippen molar-refractivity contribution >= 4 is 33.2 Å². The smallest absolute Gasteiger partial charge is 0.416 e. The second-order valence-corrected chi connectivity index (χ2v) is 5.20. The molecule has 0 aromatic heterocycles. The van der Waals surface area contributed by atoms with E-state index in [1.807, 2.05) is 0 Å². The van der Waals surface area contributed by atoms with E-state index in [0.29, 0.717) is 11.4 Å². The Kier molecular flexibility index (Phi) is 4.15. The van der Waals surface area contributed by atoms with Gasteiger partial charge in [0.15, 0.2) is 0 Å². The van der Waals surface area contributed by atoms with Crippen molar-refractivity contribution in [3.05, 3.63) is 51.5 Å². The monoisotopic (exact) mass is 365 g/mol. The second-order valence-electron chi connectivity index (χ2n) is 3.93. The van der Waals surface area contributed by atoms with E-state index in [-0.39, 0.29) is 15.2 Å². The first-order valence-corrected chi connectivity index (χ1v) is 6.54. The summed E-state index contributed by atoms with van der Waals surface area (Å²) in [4.78, 5) is 0. The van der Waals surface area contributed by atoms with Gasteiger partial charge < -0.3 is 10.5 Å². The predicted octanol–water partition coefficient (Wildman–Crippen LogP) is 5.50. The van der Waals surface area contributed by atoms with E-state index in [4.69, 9.17) is 22.1 Å². The van der Waals surface area contributed by atoms with E-state index < -0.39 is 11.7 Å². The molecular weight excluding hydrogens is 358 g/mol. The summed E-state index contributed by atoms with van der Waals surface area (Å²) < 4.78 is 43.3. The highest BCUT2D eigenvalue weighted by Crippen LogP contribution is 2.38. The molecule has 2 nitrogen and oxygen atoms in total. The molecule has 0 amide bonds. The van der Waals surface area contributed by atoms with Gasteiger partial charge >= 0.3 is 6.18 Å². The van der Waals surface area contributed by atoms with E-state index in [9.17, 15) is 13.2 Å². The molecule has 2 aromatic carbocycles. The van der Waals surface area contributed by atoms with Crippen LogP contribution in [-0.2, 0) is 6.18 Å². The second kappa shape index (κ2) is 5.54. The van der Waals surface area contributed by atoms with E-state index in [2.05, 4.69) is 15.9 Å². The van der Waals surface area contributed by atoms with Gasteiger partial charge in [-0.1, -0.05) is 11.6 Å². The van der Waals surface area contributed by atoms with Crippen molar-refractivity contribution in [2.45, 2.75) is 6.18 Å². The van der Waals surface area contributed by atoms with Crippen molar-refractivity contribution < 1.29 is 17.9 Å². The fourth-order valence-electron chi connectivity index (χ4n) is 1.48. The van der Waals surface area contributed by atoms with Crippen LogP contribution in [0.5, 0.6) is 11.5 Å². The van der Waals surface area contributed by atoms with Crippen LogP contribution in [0.3, 0.4) is 0 Å². The molecule has 0 aliphatic rings. The molecule has 0 aliphatic carbocycles. The number of hydrogen-bond donors (Lipinski definition) is 1. The molecule has 0 saturated heterocycles. The Hall–Kier alpha value is -1.40. The maximum absolute atomic E-state index is 12.5. The molecule has 0 atom stereocenters. The topological polar surface area (TPSA) is 35.2 Å². The zero-order valence-corrected chi connectivity index (χ0v) is 12.2. The third-order valence-electron chi connectivity index (χ3n) is 2.44. The minimum atomic E-state index is -4.40. The van der Waals surface area contributed by atoms with Crippen molar-refractivity contribution in [3.8, 4) is 11.5 Å². The standard InChI is InChI=1S/C13H8BrClF3NO/c14-9-5-7(13(16,17)18)1-3-11(9)20-12-4-2-8(19)6-10(12)15/h1-6H,19H2. The number of alkyl halides is 3. The van der Waals surface area contributed by atoms with Gasteiger partial charge in [0.25, 0.3) is 0 Å². The van der Waals surface area contributed by atoms with E-state index in [1.54, 1.807) is 12.1 Å². The van der Waals surface area contributed by atoms with Crippen molar-refractivity contribution in [2.75, 3.05) is 5.73 Å². The summed E-state index contributed by atoms with van der Waals surface area (Å²) in [6, 6.07) is 7.72. The molecule has 0 bridgehead atoms. The molecule has 7 heteroatoms. The normalized spacial score (nSPS) is 11.4. The first-order chi connectivity index (χ1) is 9.27. The van der Waals surface area contributed by atoms with Crippen LogP contribution in [0.15, 0.2) is 40.9 Å². The first-order valence-electron chi connectivity index (χ1n) is 5.37. The van der Waals surface area contributed by atoms with Crippen molar-refractivity contribution in [1.29, 1.82) is 0 Å². The molecule has 2 rings (SSSR count). The zero-order chi connectivity index (χ0) is 14.9. The summed E-state index contributed by atoms with van der Waals surface area (Å²) in [5, 5.41) is 0.275. The third kappa shape index (κ3) is 3.37. The van der Waals surface area contributed by atoms with Crippen LogP contribution < -0.4 is 10.5 Å². The predicted molar refractivity (Wildman–Crippen MR) is 75.1 cm³/mol. The van der Waals surface area contributed by atoms with Gasteiger partial charge in [-0.25, -0.2) is 0 Å². The third-order valence-corrected chi connectivity index (χ3v) is 3.35. The summed E-state index contributed by atoms with van der Waals surface area (Å²) in [6.45, 7) is 0. The van der Waals surface area contributed by atoms with Gasteiger partial charge in [0.2, 0.25) is 0 Å². The molecule has 0 saturated carbocycles. The summed E-state index contributed by atoms with van der Waals surface area (Å²) in [6.07, 6.45) is -4.40. The fraction of sp³-hybridized carbons (Fsp3) is 0.0769. The molecule has 0 heterocycles. The lowest BCUT2D eigenvalue weighted by molar-refractivity contribution is -0.137. The van der Waals surface area contributed by atoms with Crippen LogP contribution in [0, 0.1) is 0 Å². The average molecular weight is 367 g/mol. The Morgan fingerprint density at radius 2 is 1.70 bits per heavy atom. The van der Waals surface area contributed by atoms with Crippen LogP contribution in [0.25, 0.3) is 0 Å². The van der Waals surface area contributed by atoms with Crippen molar-refractivity contribution in [1.82, 2.24) is 0 Å². The lowest BCUT2D eigenvalue weighted by Gasteiger charge is -2.12. The molecular formula is C13H8BrClF3NO. The highest BCUT2D eigenvalue weighted by Gasteiger charge is 2.31. The molecule has 0 spiro atoms. The molecule has 0 radical (unpaired) electrons. The largest absolute Gasteiger partial charge is 0.455 e. The Morgan fingerprint density at radius 3 is 2.25 bits per heavy atom.